The van der Waals surface area contributed by atoms with Gasteiger partial charge in [0, 0.05) is 31.2 Å². The van der Waals surface area contributed by atoms with E-state index in [2.05, 4.69) is 10.2 Å². The zero-order chi connectivity index (χ0) is 20.3. The number of hydrogen-bond donors (Lipinski definition) is 1. The molecule has 1 heterocycles. The molecule has 2 aromatic rings. The molecular formula is C22H25F3N2O. The summed E-state index contributed by atoms with van der Waals surface area (Å²) in [5.41, 5.74) is 2.82. The molecule has 150 valence electrons. The van der Waals surface area contributed by atoms with Gasteiger partial charge in [-0.1, -0.05) is 35.9 Å². The third-order valence-electron chi connectivity index (χ3n) is 5.21. The minimum absolute atomic E-state index is 0.0613. The van der Waals surface area contributed by atoms with Crippen molar-refractivity contribution in [1.29, 1.82) is 0 Å². The van der Waals surface area contributed by atoms with Crippen molar-refractivity contribution < 1.29 is 18.0 Å². The van der Waals surface area contributed by atoms with Crippen LogP contribution >= 0.6 is 0 Å². The van der Waals surface area contributed by atoms with E-state index in [4.69, 9.17) is 0 Å². The first-order valence-electron chi connectivity index (χ1n) is 9.49. The molecule has 0 unspecified atom stereocenters. The van der Waals surface area contributed by atoms with E-state index in [-0.39, 0.29) is 11.9 Å². The van der Waals surface area contributed by atoms with Gasteiger partial charge in [0.15, 0.2) is 0 Å². The zero-order valence-corrected chi connectivity index (χ0v) is 16.1. The quantitative estimate of drug-likeness (QED) is 0.820. The second kappa shape index (κ2) is 8.35. The van der Waals surface area contributed by atoms with Crippen LogP contribution in [0.2, 0.25) is 0 Å². The molecule has 0 bridgehead atoms. The average Bonchev–Trinajstić information content (AvgIpc) is 2.63. The molecule has 2 aromatic carbocycles. The Hall–Kier alpha value is -2.34. The Morgan fingerprint density at radius 2 is 1.82 bits per heavy atom. The molecule has 6 heteroatoms. The SMILES string of the molecule is Cc1ccc(C(=O)NC2CCN(Cc3cccc(C(F)(F)F)c3)CC2)c(C)c1. The molecule has 0 atom stereocenters. The average molecular weight is 390 g/mol. The highest BCUT2D eigenvalue weighted by atomic mass is 19.4. The standard InChI is InChI=1S/C22H25F3N2O/c1-15-6-7-20(16(2)12-15)21(28)26-19-8-10-27(11-9-19)14-17-4-3-5-18(13-17)22(23,24)25/h3-7,12-13,19H,8-11,14H2,1-2H3,(H,26,28). The van der Waals surface area contributed by atoms with Gasteiger partial charge in [-0.05, 0) is 49.9 Å². The zero-order valence-electron chi connectivity index (χ0n) is 16.1. The molecule has 3 rings (SSSR count). The maximum atomic E-state index is 12.9. The van der Waals surface area contributed by atoms with Crippen molar-refractivity contribution in [3.8, 4) is 0 Å². The van der Waals surface area contributed by atoms with Crippen LogP contribution < -0.4 is 5.32 Å². The smallest absolute Gasteiger partial charge is 0.349 e. The number of rotatable bonds is 4. The summed E-state index contributed by atoms with van der Waals surface area (Å²) in [6, 6.07) is 11.4. The molecule has 28 heavy (non-hydrogen) atoms. The lowest BCUT2D eigenvalue weighted by molar-refractivity contribution is -0.137. The number of likely N-dealkylation sites (tertiary alicyclic amines) is 1. The maximum Gasteiger partial charge on any atom is 0.416 e. The number of aryl methyl sites for hydroxylation is 2. The fraction of sp³-hybridized carbons (Fsp3) is 0.409. The van der Waals surface area contributed by atoms with E-state index in [1.54, 1.807) is 6.07 Å². The Kier molecular flexibility index (Phi) is 6.08. The third-order valence-corrected chi connectivity index (χ3v) is 5.21. The Morgan fingerprint density at radius 1 is 1.11 bits per heavy atom. The molecule has 0 spiro atoms. The summed E-state index contributed by atoms with van der Waals surface area (Å²) < 4.78 is 38.6. The lowest BCUT2D eigenvalue weighted by Crippen LogP contribution is -2.44. The van der Waals surface area contributed by atoms with Crippen LogP contribution in [0.1, 0.15) is 45.5 Å². The Labute approximate surface area is 163 Å². The summed E-state index contributed by atoms with van der Waals surface area (Å²) in [4.78, 5) is 14.7. The van der Waals surface area contributed by atoms with Gasteiger partial charge in [-0.2, -0.15) is 13.2 Å². The van der Waals surface area contributed by atoms with E-state index in [1.807, 2.05) is 32.0 Å². The summed E-state index contributed by atoms with van der Waals surface area (Å²) in [6.07, 6.45) is -2.74. The van der Waals surface area contributed by atoms with Gasteiger partial charge in [0.05, 0.1) is 5.56 Å². The highest BCUT2D eigenvalue weighted by Gasteiger charge is 2.30. The van der Waals surface area contributed by atoms with Gasteiger partial charge in [-0.25, -0.2) is 0 Å². The van der Waals surface area contributed by atoms with Gasteiger partial charge >= 0.3 is 6.18 Å². The van der Waals surface area contributed by atoms with Crippen LogP contribution in [-0.2, 0) is 12.7 Å². The number of alkyl halides is 3. The maximum absolute atomic E-state index is 12.9. The molecular weight excluding hydrogens is 365 g/mol. The molecule has 0 aromatic heterocycles. The van der Waals surface area contributed by atoms with Crippen LogP contribution in [0.3, 0.4) is 0 Å². The summed E-state index contributed by atoms with van der Waals surface area (Å²) in [5.74, 6) is -0.0613. The van der Waals surface area contributed by atoms with E-state index in [0.717, 1.165) is 43.1 Å². The summed E-state index contributed by atoms with van der Waals surface area (Å²) in [5, 5.41) is 3.09. The summed E-state index contributed by atoms with van der Waals surface area (Å²) >= 11 is 0. The monoisotopic (exact) mass is 390 g/mol. The van der Waals surface area contributed by atoms with Crippen LogP contribution in [-0.4, -0.2) is 29.9 Å². The number of piperidine rings is 1. The normalized spacial score (nSPS) is 16.2. The van der Waals surface area contributed by atoms with Crippen LogP contribution in [0, 0.1) is 13.8 Å². The van der Waals surface area contributed by atoms with Crippen molar-refractivity contribution in [1.82, 2.24) is 10.2 Å². The predicted molar refractivity (Wildman–Crippen MR) is 103 cm³/mol. The Morgan fingerprint density at radius 3 is 2.46 bits per heavy atom. The molecule has 1 saturated heterocycles. The number of amides is 1. The number of hydrogen-bond acceptors (Lipinski definition) is 2. The second-order valence-electron chi connectivity index (χ2n) is 7.54. The van der Waals surface area contributed by atoms with Gasteiger partial charge < -0.3 is 5.32 Å². The molecule has 0 radical (unpaired) electrons. The molecule has 1 N–H and O–H groups in total. The topological polar surface area (TPSA) is 32.3 Å². The second-order valence-corrected chi connectivity index (χ2v) is 7.54. The van der Waals surface area contributed by atoms with E-state index in [1.165, 1.54) is 12.1 Å². The number of carbonyl (C=O) groups is 1. The van der Waals surface area contributed by atoms with Gasteiger partial charge in [0.2, 0.25) is 0 Å². The number of benzene rings is 2. The minimum Gasteiger partial charge on any atom is -0.349 e. The first-order chi connectivity index (χ1) is 13.2. The number of nitrogens with one attached hydrogen (secondary N) is 1. The van der Waals surface area contributed by atoms with Crippen LogP contribution in [0.4, 0.5) is 13.2 Å². The molecule has 0 saturated carbocycles. The van der Waals surface area contributed by atoms with Crippen molar-refractivity contribution in [3.05, 3.63) is 70.3 Å². The van der Waals surface area contributed by atoms with Gasteiger partial charge in [0.25, 0.3) is 5.91 Å². The fourth-order valence-corrected chi connectivity index (χ4v) is 3.67. The van der Waals surface area contributed by atoms with Crippen molar-refractivity contribution >= 4 is 5.91 Å². The fourth-order valence-electron chi connectivity index (χ4n) is 3.67. The summed E-state index contributed by atoms with van der Waals surface area (Å²) in [6.45, 7) is 5.90. The minimum atomic E-state index is -4.32. The first kappa shape index (κ1) is 20.4. The Balaban J connectivity index is 1.53. The highest BCUT2D eigenvalue weighted by molar-refractivity contribution is 5.95. The molecule has 1 aliphatic heterocycles. The molecule has 0 aliphatic carbocycles. The predicted octanol–water partition coefficient (Wildman–Crippen LogP) is 4.72. The summed E-state index contributed by atoms with van der Waals surface area (Å²) in [7, 11) is 0. The van der Waals surface area contributed by atoms with Gasteiger partial charge in [-0.15, -0.1) is 0 Å². The molecule has 1 amide bonds. The van der Waals surface area contributed by atoms with E-state index in [9.17, 15) is 18.0 Å². The van der Waals surface area contributed by atoms with E-state index < -0.39 is 11.7 Å². The van der Waals surface area contributed by atoms with Crippen molar-refractivity contribution in [3.63, 3.8) is 0 Å². The largest absolute Gasteiger partial charge is 0.416 e. The van der Waals surface area contributed by atoms with Gasteiger partial charge in [0.1, 0.15) is 0 Å². The van der Waals surface area contributed by atoms with E-state index >= 15 is 0 Å². The highest BCUT2D eigenvalue weighted by Crippen LogP contribution is 2.30. The van der Waals surface area contributed by atoms with Crippen molar-refractivity contribution in [2.75, 3.05) is 13.1 Å². The van der Waals surface area contributed by atoms with Gasteiger partial charge in [-0.3, -0.25) is 9.69 Å². The first-order valence-corrected chi connectivity index (χ1v) is 9.49. The van der Waals surface area contributed by atoms with Crippen LogP contribution in [0.5, 0.6) is 0 Å². The lowest BCUT2D eigenvalue weighted by atomic mass is 10.0. The number of carbonyl (C=O) groups excluding carboxylic acids is 1. The molecule has 1 fully saturated rings. The van der Waals surface area contributed by atoms with Crippen LogP contribution in [0.15, 0.2) is 42.5 Å². The molecule has 1 aliphatic rings. The van der Waals surface area contributed by atoms with Crippen molar-refractivity contribution in [2.24, 2.45) is 0 Å². The van der Waals surface area contributed by atoms with Crippen molar-refractivity contribution in [2.45, 2.75) is 45.5 Å². The lowest BCUT2D eigenvalue weighted by Gasteiger charge is -2.32. The molecule has 3 nitrogen and oxygen atoms in total. The number of halogens is 3. The van der Waals surface area contributed by atoms with E-state index in [0.29, 0.717) is 17.7 Å². The van der Waals surface area contributed by atoms with Crippen LogP contribution in [0.25, 0.3) is 0 Å². The number of nitrogens with zero attached hydrogens (tertiary/aromatic N) is 1. The Bertz CT molecular complexity index is 840. The third kappa shape index (κ3) is 5.13.